The first-order valence-corrected chi connectivity index (χ1v) is 6.05. The SMILES string of the molecule is CC(C)(C)OC(=O)N1C[C@H](C(=O)O)CC12COC2. The van der Waals surface area contributed by atoms with Crippen LogP contribution >= 0.6 is 0 Å². The van der Waals surface area contributed by atoms with Crippen LogP contribution in [0, 0.1) is 5.92 Å². The zero-order chi connectivity index (χ0) is 13.6. The van der Waals surface area contributed by atoms with Crippen molar-refractivity contribution in [1.82, 2.24) is 4.90 Å². The molecule has 1 atom stereocenters. The van der Waals surface area contributed by atoms with Crippen molar-refractivity contribution in [3.63, 3.8) is 0 Å². The third kappa shape index (κ3) is 2.29. The number of likely N-dealkylation sites (tertiary alicyclic amines) is 1. The summed E-state index contributed by atoms with van der Waals surface area (Å²) in [5.74, 6) is -1.39. The minimum Gasteiger partial charge on any atom is -0.481 e. The van der Waals surface area contributed by atoms with Gasteiger partial charge in [-0.2, -0.15) is 0 Å². The summed E-state index contributed by atoms with van der Waals surface area (Å²) in [7, 11) is 0. The van der Waals surface area contributed by atoms with Gasteiger partial charge in [-0.15, -0.1) is 0 Å². The molecule has 2 aliphatic rings. The van der Waals surface area contributed by atoms with Crippen LogP contribution in [-0.4, -0.2) is 53.0 Å². The van der Waals surface area contributed by atoms with E-state index in [2.05, 4.69) is 0 Å². The zero-order valence-corrected chi connectivity index (χ0v) is 10.9. The third-order valence-electron chi connectivity index (χ3n) is 3.31. The van der Waals surface area contributed by atoms with Crippen LogP contribution in [0.2, 0.25) is 0 Å². The minimum absolute atomic E-state index is 0.202. The van der Waals surface area contributed by atoms with E-state index in [1.165, 1.54) is 4.90 Å². The molecule has 0 unspecified atom stereocenters. The Balaban J connectivity index is 2.11. The minimum atomic E-state index is -0.868. The number of hydrogen-bond donors (Lipinski definition) is 1. The second-order valence-electron chi connectivity index (χ2n) is 6.05. The molecule has 0 bridgehead atoms. The van der Waals surface area contributed by atoms with Crippen molar-refractivity contribution in [2.75, 3.05) is 19.8 Å². The smallest absolute Gasteiger partial charge is 0.410 e. The maximum Gasteiger partial charge on any atom is 0.410 e. The van der Waals surface area contributed by atoms with Crippen molar-refractivity contribution in [1.29, 1.82) is 0 Å². The number of carbonyl (C=O) groups is 2. The standard InChI is InChI=1S/C12H19NO5/c1-11(2,3)18-10(16)13-5-8(9(14)15)4-12(13)6-17-7-12/h8H,4-7H2,1-3H3,(H,14,15)/t8-/m1/s1. The first-order valence-electron chi connectivity index (χ1n) is 6.05. The Kier molecular flexibility index (Phi) is 3.01. The lowest BCUT2D eigenvalue weighted by Gasteiger charge is -2.44. The quantitative estimate of drug-likeness (QED) is 0.761. The lowest BCUT2D eigenvalue weighted by Crippen LogP contribution is -2.61. The fraction of sp³-hybridized carbons (Fsp3) is 0.833. The molecule has 0 aromatic carbocycles. The van der Waals surface area contributed by atoms with E-state index < -0.39 is 29.1 Å². The van der Waals surface area contributed by atoms with Crippen LogP contribution in [0.1, 0.15) is 27.2 Å². The number of amides is 1. The van der Waals surface area contributed by atoms with E-state index in [1.807, 2.05) is 0 Å². The van der Waals surface area contributed by atoms with Crippen LogP contribution in [0.25, 0.3) is 0 Å². The molecule has 2 rings (SSSR count). The number of aliphatic carboxylic acids is 1. The molecule has 6 heteroatoms. The second kappa shape index (κ2) is 4.12. The molecule has 0 saturated carbocycles. The number of ether oxygens (including phenoxy) is 2. The van der Waals surface area contributed by atoms with Crippen molar-refractivity contribution in [3.8, 4) is 0 Å². The van der Waals surface area contributed by atoms with Crippen molar-refractivity contribution in [3.05, 3.63) is 0 Å². The molecule has 2 fully saturated rings. The molecule has 0 radical (unpaired) electrons. The summed E-state index contributed by atoms with van der Waals surface area (Å²) >= 11 is 0. The van der Waals surface area contributed by atoms with Gasteiger partial charge in [0.15, 0.2) is 0 Å². The maximum atomic E-state index is 12.1. The highest BCUT2D eigenvalue weighted by Crippen LogP contribution is 2.39. The van der Waals surface area contributed by atoms with Crippen LogP contribution in [-0.2, 0) is 14.3 Å². The molecule has 2 aliphatic heterocycles. The third-order valence-corrected chi connectivity index (χ3v) is 3.31. The topological polar surface area (TPSA) is 76.1 Å². The highest BCUT2D eigenvalue weighted by Gasteiger charge is 2.55. The number of carboxylic acid groups (broad SMARTS) is 1. The molecule has 2 saturated heterocycles. The summed E-state index contributed by atoms with van der Waals surface area (Å²) in [5, 5.41) is 9.08. The number of nitrogens with zero attached hydrogens (tertiary/aromatic N) is 1. The zero-order valence-electron chi connectivity index (χ0n) is 10.9. The van der Waals surface area contributed by atoms with E-state index in [-0.39, 0.29) is 6.54 Å². The average molecular weight is 257 g/mol. The first kappa shape index (κ1) is 13.1. The molecular formula is C12H19NO5. The molecular weight excluding hydrogens is 238 g/mol. The van der Waals surface area contributed by atoms with Crippen molar-refractivity contribution in [2.45, 2.75) is 38.3 Å². The summed E-state index contributed by atoms with van der Waals surface area (Å²) in [5.41, 5.74) is -1.05. The van der Waals surface area contributed by atoms with Gasteiger partial charge in [-0.25, -0.2) is 4.79 Å². The highest BCUT2D eigenvalue weighted by atomic mass is 16.6. The monoisotopic (exact) mass is 257 g/mol. The van der Waals surface area contributed by atoms with Gasteiger partial charge in [0.25, 0.3) is 0 Å². The van der Waals surface area contributed by atoms with Crippen molar-refractivity contribution >= 4 is 12.1 Å². The molecule has 0 aliphatic carbocycles. The van der Waals surface area contributed by atoms with Gasteiger partial charge in [-0.05, 0) is 27.2 Å². The Morgan fingerprint density at radius 2 is 2.00 bits per heavy atom. The molecule has 102 valence electrons. The Hall–Kier alpha value is -1.30. The summed E-state index contributed by atoms with van der Waals surface area (Å²) in [6.45, 7) is 6.37. The van der Waals surface area contributed by atoms with E-state index in [4.69, 9.17) is 14.6 Å². The van der Waals surface area contributed by atoms with Crippen LogP contribution in [0.4, 0.5) is 4.79 Å². The average Bonchev–Trinajstić information content (AvgIpc) is 2.53. The molecule has 2 heterocycles. The van der Waals surface area contributed by atoms with Gasteiger partial charge in [-0.3, -0.25) is 9.69 Å². The lowest BCUT2D eigenvalue weighted by molar-refractivity contribution is -0.142. The van der Waals surface area contributed by atoms with Gasteiger partial charge in [0.1, 0.15) is 5.60 Å². The molecule has 0 aromatic heterocycles. The number of carboxylic acids is 1. The van der Waals surface area contributed by atoms with Gasteiger partial charge < -0.3 is 14.6 Å². The highest BCUT2D eigenvalue weighted by molar-refractivity contribution is 5.75. The Morgan fingerprint density at radius 1 is 1.39 bits per heavy atom. The van der Waals surface area contributed by atoms with Crippen LogP contribution in [0.5, 0.6) is 0 Å². The Bertz CT molecular complexity index is 369. The summed E-state index contributed by atoms with van der Waals surface area (Å²) in [6, 6.07) is 0. The fourth-order valence-electron chi connectivity index (χ4n) is 2.41. The first-order chi connectivity index (χ1) is 8.23. The second-order valence-corrected chi connectivity index (χ2v) is 6.05. The normalized spacial score (nSPS) is 25.9. The van der Waals surface area contributed by atoms with E-state index in [0.717, 1.165) is 0 Å². The van der Waals surface area contributed by atoms with E-state index in [9.17, 15) is 9.59 Å². The van der Waals surface area contributed by atoms with E-state index in [1.54, 1.807) is 20.8 Å². The molecule has 6 nitrogen and oxygen atoms in total. The molecule has 1 N–H and O–H groups in total. The number of hydrogen-bond acceptors (Lipinski definition) is 4. The predicted molar refractivity (Wildman–Crippen MR) is 62.2 cm³/mol. The number of rotatable bonds is 1. The van der Waals surface area contributed by atoms with Gasteiger partial charge in [0.05, 0.1) is 24.7 Å². The largest absolute Gasteiger partial charge is 0.481 e. The summed E-state index contributed by atoms with van der Waals surface area (Å²) in [6.07, 6.45) is -0.00348. The van der Waals surface area contributed by atoms with Crippen LogP contribution < -0.4 is 0 Å². The van der Waals surface area contributed by atoms with E-state index >= 15 is 0 Å². The Labute approximate surface area is 106 Å². The number of carbonyl (C=O) groups excluding carboxylic acids is 1. The Morgan fingerprint density at radius 3 is 2.39 bits per heavy atom. The molecule has 0 aromatic rings. The summed E-state index contributed by atoms with van der Waals surface area (Å²) in [4.78, 5) is 24.7. The molecule has 18 heavy (non-hydrogen) atoms. The maximum absolute atomic E-state index is 12.1. The summed E-state index contributed by atoms with van der Waals surface area (Å²) < 4.78 is 10.5. The molecule has 1 amide bonds. The predicted octanol–water partition coefficient (Wildman–Crippen LogP) is 1.10. The molecule has 1 spiro atoms. The van der Waals surface area contributed by atoms with Crippen molar-refractivity contribution in [2.24, 2.45) is 5.92 Å². The van der Waals surface area contributed by atoms with Crippen molar-refractivity contribution < 1.29 is 24.2 Å². The van der Waals surface area contributed by atoms with Gasteiger partial charge in [0, 0.05) is 6.54 Å². The van der Waals surface area contributed by atoms with Gasteiger partial charge >= 0.3 is 12.1 Å². The van der Waals surface area contributed by atoms with E-state index in [0.29, 0.717) is 19.6 Å². The van der Waals surface area contributed by atoms with Gasteiger partial charge in [0.2, 0.25) is 0 Å². The lowest BCUT2D eigenvalue weighted by atomic mass is 9.90. The van der Waals surface area contributed by atoms with Crippen LogP contribution in [0.3, 0.4) is 0 Å². The fourth-order valence-corrected chi connectivity index (χ4v) is 2.41. The van der Waals surface area contributed by atoms with Crippen LogP contribution in [0.15, 0.2) is 0 Å². The van der Waals surface area contributed by atoms with Gasteiger partial charge in [-0.1, -0.05) is 0 Å².